The summed E-state index contributed by atoms with van der Waals surface area (Å²) in [7, 11) is 0. The SMILES string of the molecule is CCCCOCC(O)CN1CCC(C(C)O)CC1. The van der Waals surface area contributed by atoms with Crippen LogP contribution in [-0.4, -0.2) is 60.2 Å². The Morgan fingerprint density at radius 3 is 2.50 bits per heavy atom. The van der Waals surface area contributed by atoms with Crippen molar-refractivity contribution in [1.29, 1.82) is 0 Å². The third-order valence-electron chi connectivity index (χ3n) is 3.74. The molecule has 108 valence electrons. The average molecular weight is 259 g/mol. The fraction of sp³-hybridized carbons (Fsp3) is 1.00. The van der Waals surface area contributed by atoms with Gasteiger partial charge in [-0.3, -0.25) is 0 Å². The summed E-state index contributed by atoms with van der Waals surface area (Å²) >= 11 is 0. The molecule has 0 spiro atoms. The van der Waals surface area contributed by atoms with Crippen LogP contribution in [0.4, 0.5) is 0 Å². The first-order valence-electron chi connectivity index (χ1n) is 7.29. The van der Waals surface area contributed by atoms with Crippen molar-refractivity contribution in [3.8, 4) is 0 Å². The maximum absolute atomic E-state index is 9.86. The molecule has 1 saturated heterocycles. The third-order valence-corrected chi connectivity index (χ3v) is 3.74. The monoisotopic (exact) mass is 259 g/mol. The van der Waals surface area contributed by atoms with Crippen LogP contribution < -0.4 is 0 Å². The van der Waals surface area contributed by atoms with Crippen LogP contribution in [0.15, 0.2) is 0 Å². The standard InChI is InChI=1S/C14H29NO3/c1-3-4-9-18-11-14(17)10-15-7-5-13(6-8-15)12(2)16/h12-14,16-17H,3-11H2,1-2H3. The highest BCUT2D eigenvalue weighted by molar-refractivity contribution is 4.76. The molecule has 2 unspecified atom stereocenters. The molecule has 2 atom stereocenters. The van der Waals surface area contributed by atoms with Crippen LogP contribution in [-0.2, 0) is 4.74 Å². The van der Waals surface area contributed by atoms with Crippen molar-refractivity contribution in [3.05, 3.63) is 0 Å². The zero-order valence-electron chi connectivity index (χ0n) is 11.8. The highest BCUT2D eigenvalue weighted by Gasteiger charge is 2.23. The van der Waals surface area contributed by atoms with E-state index in [1.807, 2.05) is 6.92 Å². The van der Waals surface area contributed by atoms with E-state index in [1.54, 1.807) is 0 Å². The third kappa shape index (κ3) is 6.14. The summed E-state index contributed by atoms with van der Waals surface area (Å²) in [6, 6.07) is 0. The molecule has 1 fully saturated rings. The number of rotatable bonds is 8. The van der Waals surface area contributed by atoms with Crippen molar-refractivity contribution in [1.82, 2.24) is 4.90 Å². The van der Waals surface area contributed by atoms with Crippen LogP contribution in [0, 0.1) is 5.92 Å². The summed E-state index contributed by atoms with van der Waals surface area (Å²) in [6.07, 6.45) is 3.66. The second-order valence-electron chi connectivity index (χ2n) is 5.46. The summed E-state index contributed by atoms with van der Waals surface area (Å²) < 4.78 is 5.42. The minimum atomic E-state index is -0.384. The molecule has 1 aliphatic rings. The number of nitrogens with zero attached hydrogens (tertiary/aromatic N) is 1. The van der Waals surface area contributed by atoms with Gasteiger partial charge in [-0.1, -0.05) is 13.3 Å². The molecule has 4 heteroatoms. The minimum absolute atomic E-state index is 0.200. The molecule has 0 aromatic heterocycles. The molecule has 1 heterocycles. The fourth-order valence-corrected chi connectivity index (χ4v) is 2.43. The number of likely N-dealkylation sites (tertiary alicyclic amines) is 1. The van der Waals surface area contributed by atoms with Gasteiger partial charge in [0.05, 0.1) is 18.8 Å². The molecular formula is C14H29NO3. The highest BCUT2D eigenvalue weighted by Crippen LogP contribution is 2.20. The maximum Gasteiger partial charge on any atom is 0.0900 e. The molecule has 0 saturated carbocycles. The molecule has 0 aromatic carbocycles. The van der Waals surface area contributed by atoms with E-state index in [2.05, 4.69) is 11.8 Å². The molecule has 1 rings (SSSR count). The summed E-state index contributed by atoms with van der Waals surface area (Å²) in [5, 5.41) is 19.4. The van der Waals surface area contributed by atoms with Gasteiger partial charge in [0.2, 0.25) is 0 Å². The molecule has 0 radical (unpaired) electrons. The van der Waals surface area contributed by atoms with Crippen LogP contribution in [0.2, 0.25) is 0 Å². The molecule has 0 bridgehead atoms. The fourth-order valence-electron chi connectivity index (χ4n) is 2.43. The van der Waals surface area contributed by atoms with Crippen molar-refractivity contribution >= 4 is 0 Å². The van der Waals surface area contributed by atoms with Gasteiger partial charge >= 0.3 is 0 Å². The largest absolute Gasteiger partial charge is 0.393 e. The van der Waals surface area contributed by atoms with Gasteiger partial charge in [-0.25, -0.2) is 0 Å². The van der Waals surface area contributed by atoms with Gasteiger partial charge < -0.3 is 19.8 Å². The van der Waals surface area contributed by atoms with Crippen LogP contribution in [0.1, 0.15) is 39.5 Å². The van der Waals surface area contributed by atoms with Gasteiger partial charge in [-0.05, 0) is 45.2 Å². The Morgan fingerprint density at radius 1 is 1.28 bits per heavy atom. The molecule has 2 N–H and O–H groups in total. The Hall–Kier alpha value is -0.160. The first kappa shape index (κ1) is 15.9. The van der Waals surface area contributed by atoms with E-state index in [0.29, 0.717) is 19.1 Å². The summed E-state index contributed by atoms with van der Waals surface area (Å²) in [6.45, 7) is 7.83. The van der Waals surface area contributed by atoms with Crippen molar-refractivity contribution in [3.63, 3.8) is 0 Å². The van der Waals surface area contributed by atoms with E-state index < -0.39 is 0 Å². The first-order valence-corrected chi connectivity index (χ1v) is 7.29. The van der Waals surface area contributed by atoms with Crippen molar-refractivity contribution in [2.45, 2.75) is 51.7 Å². The van der Waals surface area contributed by atoms with Gasteiger partial charge in [0.15, 0.2) is 0 Å². The molecule has 0 aromatic rings. The number of aliphatic hydroxyl groups excluding tert-OH is 2. The number of piperidine rings is 1. The smallest absolute Gasteiger partial charge is 0.0900 e. The lowest BCUT2D eigenvalue weighted by molar-refractivity contribution is 0.00282. The summed E-state index contributed by atoms with van der Waals surface area (Å²) in [5.41, 5.74) is 0. The second kappa shape index (κ2) is 8.86. The summed E-state index contributed by atoms with van der Waals surface area (Å²) in [5.74, 6) is 0.430. The number of aliphatic hydroxyl groups is 2. The predicted molar refractivity (Wildman–Crippen MR) is 72.6 cm³/mol. The lowest BCUT2D eigenvalue weighted by Crippen LogP contribution is -2.42. The lowest BCUT2D eigenvalue weighted by Gasteiger charge is -2.34. The molecule has 1 aliphatic heterocycles. The van der Waals surface area contributed by atoms with E-state index in [4.69, 9.17) is 4.74 Å². The van der Waals surface area contributed by atoms with E-state index in [9.17, 15) is 10.2 Å². The van der Waals surface area contributed by atoms with E-state index in [1.165, 1.54) is 0 Å². The number of β-amino-alcohol motifs (C(OH)–C–C–N with tert-alkyl or cyclic N) is 1. The second-order valence-corrected chi connectivity index (χ2v) is 5.46. The van der Waals surface area contributed by atoms with Gasteiger partial charge in [-0.2, -0.15) is 0 Å². The van der Waals surface area contributed by atoms with Crippen LogP contribution in [0.5, 0.6) is 0 Å². The van der Waals surface area contributed by atoms with Crippen molar-refractivity contribution in [2.24, 2.45) is 5.92 Å². The number of hydrogen-bond donors (Lipinski definition) is 2. The Labute approximate surface area is 111 Å². The van der Waals surface area contributed by atoms with E-state index >= 15 is 0 Å². The Kier molecular flexibility index (Phi) is 7.82. The molecule has 0 amide bonds. The molecule has 18 heavy (non-hydrogen) atoms. The zero-order chi connectivity index (χ0) is 13.4. The predicted octanol–water partition coefficient (Wildman–Crippen LogP) is 1.26. The number of hydrogen-bond acceptors (Lipinski definition) is 4. The average Bonchev–Trinajstić information content (AvgIpc) is 2.35. The van der Waals surface area contributed by atoms with Crippen molar-refractivity contribution in [2.75, 3.05) is 32.8 Å². The quantitative estimate of drug-likeness (QED) is 0.644. The highest BCUT2D eigenvalue weighted by atomic mass is 16.5. The molecular weight excluding hydrogens is 230 g/mol. The zero-order valence-corrected chi connectivity index (χ0v) is 11.8. The van der Waals surface area contributed by atoms with Gasteiger partial charge in [-0.15, -0.1) is 0 Å². The van der Waals surface area contributed by atoms with Crippen molar-refractivity contribution < 1.29 is 14.9 Å². The number of ether oxygens (including phenoxy) is 1. The van der Waals surface area contributed by atoms with Gasteiger partial charge in [0.1, 0.15) is 0 Å². The maximum atomic E-state index is 9.86. The summed E-state index contributed by atoms with van der Waals surface area (Å²) in [4.78, 5) is 2.27. The van der Waals surface area contributed by atoms with E-state index in [-0.39, 0.29) is 12.2 Å². The molecule has 4 nitrogen and oxygen atoms in total. The normalized spacial score (nSPS) is 22.0. The topological polar surface area (TPSA) is 52.9 Å². The number of unbranched alkanes of at least 4 members (excludes halogenated alkanes) is 1. The molecule has 0 aliphatic carbocycles. The Balaban J connectivity index is 2.08. The lowest BCUT2D eigenvalue weighted by atomic mass is 9.92. The van der Waals surface area contributed by atoms with E-state index in [0.717, 1.165) is 45.4 Å². The van der Waals surface area contributed by atoms with Gasteiger partial charge in [0.25, 0.3) is 0 Å². The Morgan fingerprint density at radius 2 is 1.94 bits per heavy atom. The van der Waals surface area contributed by atoms with Gasteiger partial charge in [0, 0.05) is 13.2 Å². The Bertz CT molecular complexity index is 203. The first-order chi connectivity index (χ1) is 8.63. The van der Waals surface area contributed by atoms with Crippen LogP contribution in [0.25, 0.3) is 0 Å². The van der Waals surface area contributed by atoms with Crippen LogP contribution in [0.3, 0.4) is 0 Å². The minimum Gasteiger partial charge on any atom is -0.393 e. The van der Waals surface area contributed by atoms with Crippen LogP contribution >= 0.6 is 0 Å².